The van der Waals surface area contributed by atoms with Crippen LogP contribution in [0.5, 0.6) is 5.75 Å². The molecule has 23 heavy (non-hydrogen) atoms. The SMILES string of the molecule is C=C(CCOc1ccc(C(=O)c2ccccc2)cc1)C(=O)OC. The van der Waals surface area contributed by atoms with Crippen LogP contribution in [0.25, 0.3) is 0 Å². The van der Waals surface area contributed by atoms with Crippen molar-refractivity contribution in [2.45, 2.75) is 6.42 Å². The summed E-state index contributed by atoms with van der Waals surface area (Å²) >= 11 is 0. The Morgan fingerprint density at radius 2 is 1.57 bits per heavy atom. The third-order valence-corrected chi connectivity index (χ3v) is 3.30. The molecule has 0 spiro atoms. The van der Waals surface area contributed by atoms with Gasteiger partial charge in [-0.15, -0.1) is 0 Å². The van der Waals surface area contributed by atoms with Gasteiger partial charge in [-0.3, -0.25) is 4.79 Å². The standard InChI is InChI=1S/C19H18O4/c1-14(19(21)22-2)12-13-23-17-10-8-16(9-11-17)18(20)15-6-4-3-5-7-15/h3-11H,1,12-13H2,2H3. The molecule has 0 aliphatic rings. The van der Waals surface area contributed by atoms with Crippen LogP contribution in [0.3, 0.4) is 0 Å². The highest BCUT2D eigenvalue weighted by molar-refractivity contribution is 6.08. The van der Waals surface area contributed by atoms with Gasteiger partial charge in [0.2, 0.25) is 0 Å². The van der Waals surface area contributed by atoms with Gasteiger partial charge in [0.05, 0.1) is 13.7 Å². The summed E-state index contributed by atoms with van der Waals surface area (Å²) in [6, 6.07) is 16.0. The van der Waals surface area contributed by atoms with Crippen molar-refractivity contribution >= 4 is 11.8 Å². The van der Waals surface area contributed by atoms with Crippen molar-refractivity contribution in [1.29, 1.82) is 0 Å². The maximum Gasteiger partial charge on any atom is 0.333 e. The second kappa shape index (κ2) is 7.94. The predicted molar refractivity (Wildman–Crippen MR) is 87.6 cm³/mol. The van der Waals surface area contributed by atoms with Crippen molar-refractivity contribution in [3.8, 4) is 5.75 Å². The van der Waals surface area contributed by atoms with Crippen LogP contribution in [0.15, 0.2) is 66.7 Å². The highest BCUT2D eigenvalue weighted by Gasteiger charge is 2.09. The van der Waals surface area contributed by atoms with E-state index in [1.165, 1.54) is 7.11 Å². The molecule has 0 unspecified atom stereocenters. The molecule has 2 aromatic rings. The van der Waals surface area contributed by atoms with E-state index in [0.29, 0.717) is 35.5 Å². The van der Waals surface area contributed by atoms with Crippen LogP contribution in [0, 0.1) is 0 Å². The molecular formula is C19H18O4. The maximum absolute atomic E-state index is 12.3. The zero-order chi connectivity index (χ0) is 16.7. The number of ether oxygens (including phenoxy) is 2. The maximum atomic E-state index is 12.3. The van der Waals surface area contributed by atoms with Gasteiger partial charge in [0.15, 0.2) is 5.78 Å². The average molecular weight is 310 g/mol. The summed E-state index contributed by atoms with van der Waals surface area (Å²) in [5.41, 5.74) is 1.61. The number of esters is 1. The van der Waals surface area contributed by atoms with Gasteiger partial charge < -0.3 is 9.47 Å². The highest BCUT2D eigenvalue weighted by atomic mass is 16.5. The van der Waals surface area contributed by atoms with Crippen LogP contribution in [0.2, 0.25) is 0 Å². The first-order chi connectivity index (χ1) is 11.1. The Labute approximate surface area is 135 Å². The lowest BCUT2D eigenvalue weighted by Crippen LogP contribution is -2.08. The normalized spacial score (nSPS) is 9.96. The fraction of sp³-hybridized carbons (Fsp3) is 0.158. The Bertz CT molecular complexity index is 687. The second-order valence-electron chi connectivity index (χ2n) is 4.91. The van der Waals surface area contributed by atoms with Gasteiger partial charge in [-0.05, 0) is 24.3 Å². The molecule has 0 aromatic heterocycles. The molecule has 0 atom stereocenters. The summed E-state index contributed by atoms with van der Waals surface area (Å²) in [7, 11) is 1.32. The fourth-order valence-corrected chi connectivity index (χ4v) is 2.00. The Morgan fingerprint density at radius 3 is 2.17 bits per heavy atom. The summed E-state index contributed by atoms with van der Waals surface area (Å²) in [5, 5.41) is 0. The Kier molecular flexibility index (Phi) is 5.69. The van der Waals surface area contributed by atoms with Crippen molar-refractivity contribution in [2.24, 2.45) is 0 Å². The van der Waals surface area contributed by atoms with Gasteiger partial charge in [-0.2, -0.15) is 0 Å². The van der Waals surface area contributed by atoms with E-state index in [0.717, 1.165) is 0 Å². The van der Waals surface area contributed by atoms with Crippen molar-refractivity contribution in [2.75, 3.05) is 13.7 Å². The molecule has 0 saturated heterocycles. The van der Waals surface area contributed by atoms with Crippen LogP contribution >= 0.6 is 0 Å². The molecule has 4 nitrogen and oxygen atoms in total. The number of ketones is 1. The molecule has 0 fully saturated rings. The summed E-state index contributed by atoms with van der Waals surface area (Å²) in [5.74, 6) is 0.168. The number of hydrogen-bond acceptors (Lipinski definition) is 4. The van der Waals surface area contributed by atoms with Crippen molar-refractivity contribution in [1.82, 2.24) is 0 Å². The van der Waals surface area contributed by atoms with Crippen molar-refractivity contribution in [3.05, 3.63) is 77.9 Å². The first-order valence-electron chi connectivity index (χ1n) is 7.20. The molecule has 2 rings (SSSR count). The second-order valence-corrected chi connectivity index (χ2v) is 4.91. The van der Waals surface area contributed by atoms with Crippen LogP contribution in [-0.2, 0) is 9.53 Å². The van der Waals surface area contributed by atoms with E-state index >= 15 is 0 Å². The van der Waals surface area contributed by atoms with Gasteiger partial charge in [-0.25, -0.2) is 4.79 Å². The molecule has 0 bridgehead atoms. The highest BCUT2D eigenvalue weighted by Crippen LogP contribution is 2.16. The summed E-state index contributed by atoms with van der Waals surface area (Å²) < 4.78 is 10.1. The number of hydrogen-bond donors (Lipinski definition) is 0. The molecular weight excluding hydrogens is 292 g/mol. The number of rotatable bonds is 7. The molecule has 0 saturated carbocycles. The first-order valence-corrected chi connectivity index (χ1v) is 7.20. The Morgan fingerprint density at radius 1 is 0.957 bits per heavy atom. The summed E-state index contributed by atoms with van der Waals surface area (Å²) in [6.45, 7) is 3.95. The minimum Gasteiger partial charge on any atom is -0.493 e. The average Bonchev–Trinajstić information content (AvgIpc) is 2.61. The van der Waals surface area contributed by atoms with E-state index in [1.807, 2.05) is 18.2 Å². The third-order valence-electron chi connectivity index (χ3n) is 3.30. The number of carbonyl (C=O) groups excluding carboxylic acids is 2. The topological polar surface area (TPSA) is 52.6 Å². The van der Waals surface area contributed by atoms with Crippen LogP contribution in [-0.4, -0.2) is 25.5 Å². The minimum atomic E-state index is -0.433. The van der Waals surface area contributed by atoms with E-state index < -0.39 is 5.97 Å². The molecule has 0 amide bonds. The van der Waals surface area contributed by atoms with Crippen LogP contribution < -0.4 is 4.74 Å². The van der Waals surface area contributed by atoms with Crippen LogP contribution in [0.1, 0.15) is 22.3 Å². The molecule has 0 aliphatic heterocycles. The van der Waals surface area contributed by atoms with E-state index in [4.69, 9.17) is 4.74 Å². The molecule has 0 heterocycles. The number of benzene rings is 2. The predicted octanol–water partition coefficient (Wildman–Crippen LogP) is 3.42. The molecule has 2 aromatic carbocycles. The zero-order valence-electron chi connectivity index (χ0n) is 13.0. The van der Waals surface area contributed by atoms with Crippen molar-refractivity contribution in [3.63, 3.8) is 0 Å². The fourth-order valence-electron chi connectivity index (χ4n) is 2.00. The largest absolute Gasteiger partial charge is 0.493 e. The molecule has 118 valence electrons. The van der Waals surface area contributed by atoms with Gasteiger partial charge >= 0.3 is 5.97 Å². The van der Waals surface area contributed by atoms with Gasteiger partial charge in [0.1, 0.15) is 5.75 Å². The van der Waals surface area contributed by atoms with E-state index in [-0.39, 0.29) is 5.78 Å². The van der Waals surface area contributed by atoms with Crippen molar-refractivity contribution < 1.29 is 19.1 Å². The van der Waals surface area contributed by atoms with Crippen LogP contribution in [0.4, 0.5) is 0 Å². The minimum absolute atomic E-state index is 0.0313. The van der Waals surface area contributed by atoms with E-state index in [2.05, 4.69) is 11.3 Å². The van der Waals surface area contributed by atoms with Gasteiger partial charge in [0, 0.05) is 23.1 Å². The first kappa shape index (κ1) is 16.5. The Hall–Kier alpha value is -2.88. The van der Waals surface area contributed by atoms with E-state index in [9.17, 15) is 9.59 Å². The van der Waals surface area contributed by atoms with Gasteiger partial charge in [0.25, 0.3) is 0 Å². The number of methoxy groups -OCH3 is 1. The lowest BCUT2D eigenvalue weighted by molar-refractivity contribution is -0.136. The smallest absolute Gasteiger partial charge is 0.333 e. The lowest BCUT2D eigenvalue weighted by Gasteiger charge is -2.08. The molecule has 0 aliphatic carbocycles. The monoisotopic (exact) mass is 310 g/mol. The quantitative estimate of drug-likeness (QED) is 0.447. The summed E-state index contributed by atoms with van der Waals surface area (Å²) in [4.78, 5) is 23.5. The third kappa shape index (κ3) is 4.54. The lowest BCUT2D eigenvalue weighted by atomic mass is 10.0. The summed E-state index contributed by atoms with van der Waals surface area (Å²) in [6.07, 6.45) is 0.386. The molecule has 4 heteroatoms. The van der Waals surface area contributed by atoms with E-state index in [1.54, 1.807) is 36.4 Å². The Balaban J connectivity index is 1.91. The number of carbonyl (C=O) groups is 2. The molecule has 0 radical (unpaired) electrons. The van der Waals surface area contributed by atoms with Gasteiger partial charge in [-0.1, -0.05) is 36.9 Å². The zero-order valence-corrected chi connectivity index (χ0v) is 13.0. The molecule has 0 N–H and O–H groups in total.